The smallest absolute Gasteiger partial charge is 0.239 e. The molecule has 0 aliphatic carbocycles. The summed E-state index contributed by atoms with van der Waals surface area (Å²) in [6, 6.07) is -0.0344. The van der Waals surface area contributed by atoms with Crippen LogP contribution in [0.3, 0.4) is 0 Å². The molecule has 134 valence electrons. The second-order valence-corrected chi connectivity index (χ2v) is 7.86. The molecule has 2 fully saturated rings. The van der Waals surface area contributed by atoms with E-state index in [0.717, 1.165) is 44.9 Å². The monoisotopic (exact) mass is 334 g/mol. The Kier molecular flexibility index (Phi) is 5.23. The Hall–Kier alpha value is -1.43. The molecular weight excluding hydrogens is 304 g/mol. The lowest BCUT2D eigenvalue weighted by Gasteiger charge is -2.40. The highest BCUT2D eigenvalue weighted by molar-refractivity contribution is 5.81. The maximum absolute atomic E-state index is 12.9. The van der Waals surface area contributed by atoms with Gasteiger partial charge in [0.15, 0.2) is 5.82 Å². The average Bonchev–Trinajstić information content (AvgIpc) is 2.99. The Labute approximate surface area is 144 Å². The average molecular weight is 334 g/mol. The first kappa shape index (κ1) is 17.4. The summed E-state index contributed by atoms with van der Waals surface area (Å²) in [5, 5.41) is 3.89. The van der Waals surface area contributed by atoms with Gasteiger partial charge in [-0.05, 0) is 58.0 Å². The minimum absolute atomic E-state index is 0.0344. The second-order valence-electron chi connectivity index (χ2n) is 7.86. The van der Waals surface area contributed by atoms with Crippen molar-refractivity contribution in [1.82, 2.24) is 19.9 Å². The lowest BCUT2D eigenvalue weighted by atomic mass is 9.91. The second kappa shape index (κ2) is 7.21. The van der Waals surface area contributed by atoms with E-state index in [9.17, 15) is 4.79 Å². The zero-order valence-corrected chi connectivity index (χ0v) is 15.4. The predicted octanol–water partition coefficient (Wildman–Crippen LogP) is 2.45. The molecule has 24 heavy (non-hydrogen) atoms. The third kappa shape index (κ3) is 3.79. The van der Waals surface area contributed by atoms with Crippen molar-refractivity contribution < 1.29 is 9.32 Å². The molecule has 3 rings (SSSR count). The number of rotatable bonds is 3. The molecule has 1 aromatic rings. The van der Waals surface area contributed by atoms with Gasteiger partial charge in [-0.1, -0.05) is 19.0 Å². The number of likely N-dealkylation sites (tertiary alicyclic amines) is 2. The molecule has 0 spiro atoms. The molecule has 3 atom stereocenters. The molecule has 0 N–H and O–H groups in total. The van der Waals surface area contributed by atoms with Crippen LogP contribution in [-0.2, 0) is 4.79 Å². The minimum atomic E-state index is -0.0344. The predicted molar refractivity (Wildman–Crippen MR) is 91.6 cm³/mol. The molecule has 6 heteroatoms. The summed E-state index contributed by atoms with van der Waals surface area (Å²) in [6.45, 7) is 12.1. The molecule has 2 aliphatic heterocycles. The van der Waals surface area contributed by atoms with E-state index in [1.165, 1.54) is 6.42 Å². The first-order valence-electron chi connectivity index (χ1n) is 9.27. The van der Waals surface area contributed by atoms with Gasteiger partial charge in [-0.3, -0.25) is 9.69 Å². The van der Waals surface area contributed by atoms with E-state index in [2.05, 4.69) is 40.7 Å². The number of aromatic nitrogens is 2. The van der Waals surface area contributed by atoms with E-state index in [1.54, 1.807) is 0 Å². The number of amides is 1. The Morgan fingerprint density at radius 2 is 1.83 bits per heavy atom. The first-order chi connectivity index (χ1) is 11.4. The highest BCUT2D eigenvalue weighted by Crippen LogP contribution is 2.28. The van der Waals surface area contributed by atoms with E-state index in [0.29, 0.717) is 29.5 Å². The van der Waals surface area contributed by atoms with E-state index in [1.807, 2.05) is 6.92 Å². The quantitative estimate of drug-likeness (QED) is 0.849. The lowest BCUT2D eigenvalue weighted by molar-refractivity contribution is -0.139. The summed E-state index contributed by atoms with van der Waals surface area (Å²) in [5.41, 5.74) is 0. The summed E-state index contributed by atoms with van der Waals surface area (Å²) in [4.78, 5) is 21.6. The molecule has 0 aromatic carbocycles. The van der Waals surface area contributed by atoms with Crippen molar-refractivity contribution in [2.45, 2.75) is 58.9 Å². The third-order valence-corrected chi connectivity index (χ3v) is 5.51. The largest absolute Gasteiger partial charge is 0.341 e. The minimum Gasteiger partial charge on any atom is -0.341 e. The molecule has 2 saturated heterocycles. The van der Waals surface area contributed by atoms with Gasteiger partial charge in [-0.15, -0.1) is 0 Å². The zero-order valence-electron chi connectivity index (χ0n) is 15.4. The summed E-state index contributed by atoms with van der Waals surface area (Å²) in [6.07, 6.45) is 3.19. The molecule has 0 radical (unpaired) electrons. The van der Waals surface area contributed by atoms with E-state index < -0.39 is 0 Å². The number of carbonyl (C=O) groups is 1. The Bertz CT molecular complexity index is 555. The van der Waals surface area contributed by atoms with Crippen LogP contribution in [0, 0.1) is 18.8 Å². The molecule has 0 unspecified atom stereocenters. The fourth-order valence-corrected chi connectivity index (χ4v) is 4.28. The molecular formula is C18H30N4O2. The van der Waals surface area contributed by atoms with Gasteiger partial charge in [-0.2, -0.15) is 4.98 Å². The van der Waals surface area contributed by atoms with Crippen LogP contribution >= 0.6 is 0 Å². The molecule has 1 amide bonds. The van der Waals surface area contributed by atoms with Crippen LogP contribution in [0.15, 0.2) is 4.52 Å². The van der Waals surface area contributed by atoms with Gasteiger partial charge in [0, 0.05) is 19.0 Å². The van der Waals surface area contributed by atoms with Gasteiger partial charge < -0.3 is 9.42 Å². The van der Waals surface area contributed by atoms with E-state index in [-0.39, 0.29) is 6.04 Å². The van der Waals surface area contributed by atoms with Crippen LogP contribution in [0.5, 0.6) is 0 Å². The number of carbonyl (C=O) groups excluding carboxylic acids is 1. The maximum Gasteiger partial charge on any atom is 0.239 e. The van der Waals surface area contributed by atoms with Gasteiger partial charge in [0.05, 0.1) is 6.04 Å². The van der Waals surface area contributed by atoms with Gasteiger partial charge in [-0.25, -0.2) is 0 Å². The van der Waals surface area contributed by atoms with Crippen molar-refractivity contribution in [3.63, 3.8) is 0 Å². The van der Waals surface area contributed by atoms with Crippen molar-refractivity contribution in [2.75, 3.05) is 26.2 Å². The van der Waals surface area contributed by atoms with Crippen LogP contribution in [0.25, 0.3) is 0 Å². The Morgan fingerprint density at radius 3 is 2.38 bits per heavy atom. The Balaban J connectivity index is 1.54. The fourth-order valence-electron chi connectivity index (χ4n) is 4.28. The van der Waals surface area contributed by atoms with Crippen molar-refractivity contribution >= 4 is 5.91 Å². The van der Waals surface area contributed by atoms with Gasteiger partial charge in [0.25, 0.3) is 0 Å². The lowest BCUT2D eigenvalue weighted by Crippen LogP contribution is -2.52. The summed E-state index contributed by atoms with van der Waals surface area (Å²) in [7, 11) is 0. The fraction of sp³-hybridized carbons (Fsp3) is 0.833. The summed E-state index contributed by atoms with van der Waals surface area (Å²) < 4.78 is 5.31. The van der Waals surface area contributed by atoms with E-state index >= 15 is 0 Å². The highest BCUT2D eigenvalue weighted by atomic mass is 16.5. The third-order valence-electron chi connectivity index (χ3n) is 5.51. The van der Waals surface area contributed by atoms with Gasteiger partial charge in [0.2, 0.25) is 11.8 Å². The van der Waals surface area contributed by atoms with Crippen molar-refractivity contribution in [1.29, 1.82) is 0 Å². The van der Waals surface area contributed by atoms with Crippen LogP contribution in [0.4, 0.5) is 0 Å². The molecule has 0 bridgehead atoms. The van der Waals surface area contributed by atoms with E-state index in [4.69, 9.17) is 4.52 Å². The van der Waals surface area contributed by atoms with Crippen molar-refractivity contribution in [2.24, 2.45) is 11.8 Å². The molecule has 0 saturated carbocycles. The van der Waals surface area contributed by atoms with Crippen LogP contribution in [0.2, 0.25) is 0 Å². The number of aryl methyl sites for hydroxylation is 1. The van der Waals surface area contributed by atoms with Crippen molar-refractivity contribution in [3.8, 4) is 0 Å². The van der Waals surface area contributed by atoms with Crippen LogP contribution in [0.1, 0.15) is 57.7 Å². The maximum atomic E-state index is 12.9. The zero-order chi connectivity index (χ0) is 17.3. The molecule has 3 heterocycles. The Morgan fingerprint density at radius 1 is 1.21 bits per heavy atom. The topological polar surface area (TPSA) is 62.5 Å². The van der Waals surface area contributed by atoms with Crippen LogP contribution < -0.4 is 0 Å². The summed E-state index contributed by atoms with van der Waals surface area (Å²) in [5.74, 6) is 3.29. The number of hydrogen-bond donors (Lipinski definition) is 0. The SMILES string of the molecule is Cc1noc(C2CCN([C@H](C)C(=O)N3C[C@@H](C)C[C@H](C)C3)CC2)n1. The molecule has 1 aromatic heterocycles. The normalized spacial score (nSPS) is 28.1. The van der Waals surface area contributed by atoms with Gasteiger partial charge in [0.1, 0.15) is 0 Å². The number of piperidine rings is 2. The number of hydrogen-bond acceptors (Lipinski definition) is 5. The first-order valence-corrected chi connectivity index (χ1v) is 9.27. The number of nitrogens with zero attached hydrogens (tertiary/aromatic N) is 4. The van der Waals surface area contributed by atoms with Crippen molar-refractivity contribution in [3.05, 3.63) is 11.7 Å². The molecule has 6 nitrogen and oxygen atoms in total. The molecule has 2 aliphatic rings. The highest BCUT2D eigenvalue weighted by Gasteiger charge is 2.33. The summed E-state index contributed by atoms with van der Waals surface area (Å²) >= 11 is 0. The van der Waals surface area contributed by atoms with Gasteiger partial charge >= 0.3 is 0 Å². The standard InChI is InChI=1S/C18H30N4O2/c1-12-9-13(2)11-22(10-12)18(23)14(3)21-7-5-16(6-8-21)17-19-15(4)20-24-17/h12-14,16H,5-11H2,1-4H3/t12-,13-,14+/m0/s1. The van der Waals surface area contributed by atoms with Crippen LogP contribution in [-0.4, -0.2) is 58.1 Å².